The number of amides is 1. The van der Waals surface area contributed by atoms with Gasteiger partial charge < -0.3 is 4.90 Å². The molecule has 104 valence electrons. The molecule has 2 nitrogen and oxygen atoms in total. The summed E-state index contributed by atoms with van der Waals surface area (Å²) in [4.78, 5) is 14.8. The predicted molar refractivity (Wildman–Crippen MR) is 79.5 cm³/mol. The van der Waals surface area contributed by atoms with Crippen molar-refractivity contribution < 1.29 is 4.79 Å². The van der Waals surface area contributed by atoms with Crippen molar-refractivity contribution >= 4 is 5.91 Å². The van der Waals surface area contributed by atoms with Gasteiger partial charge in [0.2, 0.25) is 0 Å². The van der Waals surface area contributed by atoms with E-state index in [-0.39, 0.29) is 5.91 Å². The average molecular weight is 259 g/mol. The zero-order valence-corrected chi connectivity index (χ0v) is 12.5. The van der Waals surface area contributed by atoms with Gasteiger partial charge in [-0.3, -0.25) is 4.79 Å². The minimum atomic E-state index is 0.196. The summed E-state index contributed by atoms with van der Waals surface area (Å²) >= 11 is 0. The van der Waals surface area contributed by atoms with Crippen molar-refractivity contribution in [3.8, 4) is 0 Å². The summed E-state index contributed by atoms with van der Waals surface area (Å²) in [5.41, 5.74) is 2.08. The van der Waals surface area contributed by atoms with Crippen LogP contribution in [0.3, 0.4) is 0 Å². The van der Waals surface area contributed by atoms with Crippen LogP contribution < -0.4 is 0 Å². The normalized spacial score (nSPS) is 23.7. The lowest BCUT2D eigenvalue weighted by Gasteiger charge is -2.39. The lowest BCUT2D eigenvalue weighted by Crippen LogP contribution is -2.47. The fourth-order valence-electron chi connectivity index (χ4n) is 3.00. The number of benzene rings is 1. The molecule has 0 aliphatic carbocycles. The number of rotatable bonds is 2. The van der Waals surface area contributed by atoms with Crippen LogP contribution in [0.25, 0.3) is 0 Å². The number of carbonyl (C=O) groups is 1. The van der Waals surface area contributed by atoms with Crippen LogP contribution in [0.5, 0.6) is 0 Å². The first-order valence-electron chi connectivity index (χ1n) is 7.43. The number of hydrogen-bond donors (Lipinski definition) is 0. The first-order chi connectivity index (χ1) is 9.00. The molecule has 2 atom stereocenters. The maximum atomic E-state index is 12.7. The Bertz CT molecular complexity index is 442. The summed E-state index contributed by atoms with van der Waals surface area (Å²) in [6.07, 6.45) is 3.48. The largest absolute Gasteiger partial charge is 0.333 e. The summed E-state index contributed by atoms with van der Waals surface area (Å²) in [7, 11) is 0. The molecular weight excluding hydrogens is 234 g/mol. The molecule has 2 heteroatoms. The molecule has 0 bridgehead atoms. The highest BCUT2D eigenvalue weighted by atomic mass is 16.2. The molecule has 1 fully saturated rings. The van der Waals surface area contributed by atoms with Crippen LogP contribution in [0, 0.1) is 0 Å². The minimum absolute atomic E-state index is 0.196. The van der Waals surface area contributed by atoms with E-state index in [9.17, 15) is 4.79 Å². The lowest BCUT2D eigenvalue weighted by atomic mass is 9.95. The Morgan fingerprint density at radius 3 is 2.42 bits per heavy atom. The maximum Gasteiger partial charge on any atom is 0.254 e. The SMILES string of the molecule is CC(C)c1cccc(C(=O)N2C(C)CCCC2C)c1. The van der Waals surface area contributed by atoms with Gasteiger partial charge in [0.15, 0.2) is 0 Å². The van der Waals surface area contributed by atoms with Crippen LogP contribution in [0.15, 0.2) is 24.3 Å². The number of likely N-dealkylation sites (tertiary alicyclic amines) is 1. The quantitative estimate of drug-likeness (QED) is 0.779. The number of piperidine rings is 1. The van der Waals surface area contributed by atoms with E-state index in [0.29, 0.717) is 18.0 Å². The van der Waals surface area contributed by atoms with Gasteiger partial charge in [-0.15, -0.1) is 0 Å². The van der Waals surface area contributed by atoms with E-state index in [1.165, 1.54) is 12.0 Å². The van der Waals surface area contributed by atoms with Gasteiger partial charge in [0.05, 0.1) is 0 Å². The van der Waals surface area contributed by atoms with E-state index in [1.54, 1.807) is 0 Å². The number of carbonyl (C=O) groups excluding carboxylic acids is 1. The summed E-state index contributed by atoms with van der Waals surface area (Å²) < 4.78 is 0. The van der Waals surface area contributed by atoms with Gasteiger partial charge in [-0.25, -0.2) is 0 Å². The summed E-state index contributed by atoms with van der Waals surface area (Å²) in [5, 5.41) is 0. The summed E-state index contributed by atoms with van der Waals surface area (Å²) in [5.74, 6) is 0.658. The molecule has 0 aromatic heterocycles. The Morgan fingerprint density at radius 1 is 1.21 bits per heavy atom. The van der Waals surface area contributed by atoms with Crippen LogP contribution in [0.1, 0.15) is 68.8 Å². The monoisotopic (exact) mass is 259 g/mol. The van der Waals surface area contributed by atoms with E-state index >= 15 is 0 Å². The van der Waals surface area contributed by atoms with Crippen molar-refractivity contribution in [1.82, 2.24) is 4.90 Å². The molecule has 1 aliphatic heterocycles. The third kappa shape index (κ3) is 2.99. The van der Waals surface area contributed by atoms with Gasteiger partial charge in [-0.2, -0.15) is 0 Å². The Balaban J connectivity index is 2.25. The second-order valence-corrected chi connectivity index (χ2v) is 6.12. The van der Waals surface area contributed by atoms with Crippen LogP contribution >= 0.6 is 0 Å². The fraction of sp³-hybridized carbons (Fsp3) is 0.588. The van der Waals surface area contributed by atoms with Crippen molar-refractivity contribution in [1.29, 1.82) is 0 Å². The van der Waals surface area contributed by atoms with E-state index < -0.39 is 0 Å². The molecule has 1 heterocycles. The van der Waals surface area contributed by atoms with E-state index in [4.69, 9.17) is 0 Å². The Hall–Kier alpha value is -1.31. The first-order valence-corrected chi connectivity index (χ1v) is 7.43. The van der Waals surface area contributed by atoms with Gasteiger partial charge in [-0.05, 0) is 56.7 Å². The van der Waals surface area contributed by atoms with Gasteiger partial charge in [0.25, 0.3) is 5.91 Å². The summed E-state index contributed by atoms with van der Waals surface area (Å²) in [6, 6.07) is 8.83. The standard InChI is InChI=1S/C17H25NO/c1-12(2)15-9-6-10-16(11-15)17(19)18-13(3)7-5-8-14(18)4/h6,9-14H,5,7-8H2,1-4H3. The van der Waals surface area contributed by atoms with Gasteiger partial charge in [-0.1, -0.05) is 26.0 Å². The van der Waals surface area contributed by atoms with Crippen molar-refractivity contribution in [2.75, 3.05) is 0 Å². The van der Waals surface area contributed by atoms with E-state index in [0.717, 1.165) is 18.4 Å². The second kappa shape index (κ2) is 5.77. The lowest BCUT2D eigenvalue weighted by molar-refractivity contribution is 0.0510. The Labute approximate surface area is 116 Å². The van der Waals surface area contributed by atoms with Crippen molar-refractivity contribution in [3.05, 3.63) is 35.4 Å². The fourth-order valence-corrected chi connectivity index (χ4v) is 3.00. The topological polar surface area (TPSA) is 20.3 Å². The van der Waals surface area contributed by atoms with Gasteiger partial charge >= 0.3 is 0 Å². The molecule has 2 rings (SSSR count). The predicted octanol–water partition coefficient (Wildman–Crippen LogP) is 4.21. The van der Waals surface area contributed by atoms with Crippen LogP contribution in [0.4, 0.5) is 0 Å². The molecule has 0 radical (unpaired) electrons. The average Bonchev–Trinajstić information content (AvgIpc) is 2.38. The zero-order valence-electron chi connectivity index (χ0n) is 12.5. The van der Waals surface area contributed by atoms with Crippen LogP contribution in [0.2, 0.25) is 0 Å². The van der Waals surface area contributed by atoms with Crippen molar-refractivity contribution in [3.63, 3.8) is 0 Å². The van der Waals surface area contributed by atoms with Crippen LogP contribution in [-0.2, 0) is 0 Å². The molecular formula is C17H25NO. The van der Waals surface area contributed by atoms with Crippen molar-refractivity contribution in [2.24, 2.45) is 0 Å². The third-order valence-corrected chi connectivity index (χ3v) is 4.23. The van der Waals surface area contributed by atoms with E-state index in [2.05, 4.69) is 44.7 Å². The number of hydrogen-bond acceptors (Lipinski definition) is 1. The molecule has 1 amide bonds. The van der Waals surface area contributed by atoms with Crippen molar-refractivity contribution in [2.45, 2.75) is 65.0 Å². The van der Waals surface area contributed by atoms with Crippen LogP contribution in [-0.4, -0.2) is 22.9 Å². The highest BCUT2D eigenvalue weighted by molar-refractivity contribution is 5.94. The van der Waals surface area contributed by atoms with Gasteiger partial charge in [0.1, 0.15) is 0 Å². The first kappa shape index (κ1) is 14.1. The highest BCUT2D eigenvalue weighted by Crippen LogP contribution is 2.25. The zero-order chi connectivity index (χ0) is 14.0. The van der Waals surface area contributed by atoms with E-state index in [1.807, 2.05) is 12.1 Å². The molecule has 0 N–H and O–H groups in total. The maximum absolute atomic E-state index is 12.7. The molecule has 1 aliphatic rings. The second-order valence-electron chi connectivity index (χ2n) is 6.12. The highest BCUT2D eigenvalue weighted by Gasteiger charge is 2.29. The Kier molecular flexibility index (Phi) is 4.28. The smallest absolute Gasteiger partial charge is 0.254 e. The number of nitrogens with zero attached hydrogens (tertiary/aromatic N) is 1. The molecule has 2 unspecified atom stereocenters. The third-order valence-electron chi connectivity index (χ3n) is 4.23. The molecule has 1 aromatic carbocycles. The minimum Gasteiger partial charge on any atom is -0.333 e. The molecule has 19 heavy (non-hydrogen) atoms. The molecule has 0 spiro atoms. The van der Waals surface area contributed by atoms with Gasteiger partial charge in [0, 0.05) is 17.6 Å². The molecule has 1 aromatic rings. The Morgan fingerprint density at radius 2 is 1.84 bits per heavy atom. The molecule has 1 saturated heterocycles. The molecule has 0 saturated carbocycles. The summed E-state index contributed by atoms with van der Waals surface area (Å²) in [6.45, 7) is 8.66.